The number of hydrogen-bond acceptors (Lipinski definition) is 4. The lowest BCUT2D eigenvalue weighted by atomic mass is 9.95. The SMILES string of the molecule is Cc1cccc(Cn2cccc(C(=O)NC(C)(CNC(=O)OC(C)(C)C)C3CC3)c2=O)c1. The van der Waals surface area contributed by atoms with Gasteiger partial charge in [0, 0.05) is 12.7 Å². The molecule has 0 aliphatic heterocycles. The summed E-state index contributed by atoms with van der Waals surface area (Å²) in [5, 5.41) is 5.77. The maximum Gasteiger partial charge on any atom is 0.407 e. The van der Waals surface area contributed by atoms with E-state index in [2.05, 4.69) is 10.6 Å². The van der Waals surface area contributed by atoms with Gasteiger partial charge in [-0.25, -0.2) is 4.79 Å². The van der Waals surface area contributed by atoms with E-state index in [-0.39, 0.29) is 23.6 Å². The third-order valence-corrected chi connectivity index (χ3v) is 5.58. The Bertz CT molecular complexity index is 1050. The Hall–Kier alpha value is -3.09. The van der Waals surface area contributed by atoms with Crippen LogP contribution in [-0.2, 0) is 11.3 Å². The van der Waals surface area contributed by atoms with Gasteiger partial charge in [-0.2, -0.15) is 0 Å². The summed E-state index contributed by atoms with van der Waals surface area (Å²) in [6, 6.07) is 11.2. The molecule has 1 aromatic carbocycles. The Morgan fingerprint density at radius 3 is 2.47 bits per heavy atom. The van der Waals surface area contributed by atoms with Gasteiger partial charge in [0.2, 0.25) is 0 Å². The van der Waals surface area contributed by atoms with Gasteiger partial charge in [-0.15, -0.1) is 0 Å². The van der Waals surface area contributed by atoms with Crippen LogP contribution >= 0.6 is 0 Å². The molecule has 1 aliphatic rings. The van der Waals surface area contributed by atoms with Crippen molar-refractivity contribution in [1.29, 1.82) is 0 Å². The van der Waals surface area contributed by atoms with Crippen LogP contribution < -0.4 is 16.2 Å². The van der Waals surface area contributed by atoms with Crippen molar-refractivity contribution >= 4 is 12.0 Å². The van der Waals surface area contributed by atoms with Gasteiger partial charge in [0.05, 0.1) is 12.1 Å². The van der Waals surface area contributed by atoms with E-state index < -0.39 is 23.1 Å². The largest absolute Gasteiger partial charge is 0.444 e. The Morgan fingerprint density at radius 2 is 1.84 bits per heavy atom. The first kappa shape index (κ1) is 23.6. The lowest BCUT2D eigenvalue weighted by molar-refractivity contribution is 0.0502. The number of carbonyl (C=O) groups is 2. The summed E-state index contributed by atoms with van der Waals surface area (Å²) in [6.45, 7) is 9.90. The van der Waals surface area contributed by atoms with Gasteiger partial charge in [0.15, 0.2) is 0 Å². The average Bonchev–Trinajstić information content (AvgIpc) is 3.53. The molecule has 1 heterocycles. The van der Waals surface area contributed by atoms with Gasteiger partial charge in [-0.3, -0.25) is 9.59 Å². The topological polar surface area (TPSA) is 89.4 Å². The first-order valence-electron chi connectivity index (χ1n) is 11.0. The summed E-state index contributed by atoms with van der Waals surface area (Å²) in [5.41, 5.74) is 0.582. The quantitative estimate of drug-likeness (QED) is 0.689. The van der Waals surface area contributed by atoms with Crippen molar-refractivity contribution in [2.75, 3.05) is 6.54 Å². The number of pyridine rings is 1. The van der Waals surface area contributed by atoms with E-state index in [9.17, 15) is 14.4 Å². The predicted octanol–water partition coefficient (Wildman–Crippen LogP) is 3.63. The molecule has 0 saturated heterocycles. The molecule has 1 aliphatic carbocycles. The van der Waals surface area contributed by atoms with Crippen LogP contribution in [0.3, 0.4) is 0 Å². The molecule has 172 valence electrons. The molecule has 1 unspecified atom stereocenters. The number of amides is 2. The van der Waals surface area contributed by atoms with Crippen molar-refractivity contribution < 1.29 is 14.3 Å². The molecule has 0 radical (unpaired) electrons. The predicted molar refractivity (Wildman–Crippen MR) is 124 cm³/mol. The summed E-state index contributed by atoms with van der Waals surface area (Å²) in [4.78, 5) is 38.2. The average molecular weight is 440 g/mol. The van der Waals surface area contributed by atoms with Gasteiger partial charge >= 0.3 is 6.09 Å². The third kappa shape index (κ3) is 6.22. The molecule has 2 amide bonds. The highest BCUT2D eigenvalue weighted by atomic mass is 16.6. The van der Waals surface area contributed by atoms with E-state index in [0.29, 0.717) is 6.54 Å². The molecule has 0 bridgehead atoms. The molecule has 1 fully saturated rings. The van der Waals surface area contributed by atoms with Crippen molar-refractivity contribution in [3.63, 3.8) is 0 Å². The second-order valence-corrected chi connectivity index (χ2v) is 9.85. The van der Waals surface area contributed by atoms with Crippen molar-refractivity contribution in [1.82, 2.24) is 15.2 Å². The van der Waals surface area contributed by atoms with E-state index in [1.165, 1.54) is 4.57 Å². The Morgan fingerprint density at radius 1 is 1.12 bits per heavy atom. The number of aromatic nitrogens is 1. The van der Waals surface area contributed by atoms with Crippen LogP contribution in [0.1, 0.15) is 62.0 Å². The summed E-state index contributed by atoms with van der Waals surface area (Å²) in [5.74, 6) is -0.200. The number of rotatable bonds is 7. The zero-order chi connectivity index (χ0) is 23.5. The monoisotopic (exact) mass is 439 g/mol. The Kier molecular flexibility index (Phi) is 6.77. The minimum atomic E-state index is -0.669. The second kappa shape index (κ2) is 9.18. The van der Waals surface area contributed by atoms with Gasteiger partial charge in [-0.1, -0.05) is 29.8 Å². The number of aryl methyl sites for hydroxylation is 1. The maximum atomic E-state index is 13.1. The lowest BCUT2D eigenvalue weighted by Gasteiger charge is -2.32. The van der Waals surface area contributed by atoms with E-state index in [1.54, 1.807) is 39.1 Å². The molecule has 7 nitrogen and oxygen atoms in total. The third-order valence-electron chi connectivity index (χ3n) is 5.58. The molecular weight excluding hydrogens is 406 g/mol. The van der Waals surface area contributed by atoms with Crippen molar-refractivity contribution in [2.45, 2.75) is 65.1 Å². The minimum Gasteiger partial charge on any atom is -0.444 e. The Balaban J connectivity index is 1.73. The summed E-state index contributed by atoms with van der Waals surface area (Å²) < 4.78 is 6.85. The fourth-order valence-electron chi connectivity index (χ4n) is 3.75. The number of carbonyl (C=O) groups excluding carboxylic acids is 2. The molecule has 1 atom stereocenters. The molecule has 3 rings (SSSR count). The molecule has 1 saturated carbocycles. The van der Waals surface area contributed by atoms with Gasteiger partial charge in [0.1, 0.15) is 11.2 Å². The van der Waals surface area contributed by atoms with Crippen LogP contribution in [0.4, 0.5) is 4.79 Å². The van der Waals surface area contributed by atoms with Crippen LogP contribution in [0.25, 0.3) is 0 Å². The van der Waals surface area contributed by atoms with Crippen LogP contribution in [0.2, 0.25) is 0 Å². The number of benzene rings is 1. The van der Waals surface area contributed by atoms with Crippen LogP contribution in [0, 0.1) is 12.8 Å². The highest BCUT2D eigenvalue weighted by molar-refractivity contribution is 5.94. The van der Waals surface area contributed by atoms with Gasteiger partial charge < -0.3 is 19.9 Å². The number of hydrogen-bond donors (Lipinski definition) is 2. The Labute approximate surface area is 189 Å². The first-order chi connectivity index (χ1) is 15.0. The molecule has 2 aromatic rings. The minimum absolute atomic E-state index is 0.0873. The van der Waals surface area contributed by atoms with E-state index in [4.69, 9.17) is 4.74 Å². The first-order valence-corrected chi connectivity index (χ1v) is 11.0. The van der Waals surface area contributed by atoms with Gasteiger partial charge in [-0.05, 0) is 71.1 Å². The van der Waals surface area contributed by atoms with Crippen molar-refractivity contribution in [2.24, 2.45) is 5.92 Å². The molecular formula is C25H33N3O4. The van der Waals surface area contributed by atoms with E-state index >= 15 is 0 Å². The highest BCUT2D eigenvalue weighted by Gasteiger charge is 2.43. The number of ether oxygens (including phenoxy) is 1. The van der Waals surface area contributed by atoms with E-state index in [0.717, 1.165) is 24.0 Å². The number of nitrogens with zero attached hydrogens (tertiary/aromatic N) is 1. The standard InChI is InChI=1S/C25H33N3O4/c1-17-8-6-9-18(14-17)15-28-13-7-10-20(22(28)30)21(29)27-25(5,19-11-12-19)16-26-23(31)32-24(2,3)4/h6-10,13-14,19H,11-12,15-16H2,1-5H3,(H,26,31)(H,27,29). The number of alkyl carbamates (subject to hydrolysis) is 1. The van der Waals surface area contributed by atoms with Crippen LogP contribution in [0.15, 0.2) is 47.4 Å². The zero-order valence-corrected chi connectivity index (χ0v) is 19.5. The fraction of sp³-hybridized carbons (Fsp3) is 0.480. The smallest absolute Gasteiger partial charge is 0.407 e. The zero-order valence-electron chi connectivity index (χ0n) is 19.5. The van der Waals surface area contributed by atoms with Crippen molar-refractivity contribution in [3.05, 3.63) is 69.6 Å². The number of nitrogens with one attached hydrogen (secondary N) is 2. The van der Waals surface area contributed by atoms with Crippen LogP contribution in [0.5, 0.6) is 0 Å². The summed E-state index contributed by atoms with van der Waals surface area (Å²) in [6.07, 6.45) is 3.07. The maximum absolute atomic E-state index is 13.1. The summed E-state index contributed by atoms with van der Waals surface area (Å²) >= 11 is 0. The van der Waals surface area contributed by atoms with Gasteiger partial charge in [0.25, 0.3) is 11.5 Å². The highest BCUT2D eigenvalue weighted by Crippen LogP contribution is 2.39. The molecule has 7 heteroatoms. The molecule has 0 spiro atoms. The van der Waals surface area contributed by atoms with E-state index in [1.807, 2.05) is 38.1 Å². The van der Waals surface area contributed by atoms with Crippen molar-refractivity contribution in [3.8, 4) is 0 Å². The second-order valence-electron chi connectivity index (χ2n) is 9.85. The fourth-order valence-corrected chi connectivity index (χ4v) is 3.75. The summed E-state index contributed by atoms with van der Waals surface area (Å²) in [7, 11) is 0. The van der Waals surface area contributed by atoms with Crippen LogP contribution in [-0.4, -0.2) is 34.3 Å². The lowest BCUT2D eigenvalue weighted by Crippen LogP contribution is -2.56. The molecule has 32 heavy (non-hydrogen) atoms. The molecule has 2 N–H and O–H groups in total. The normalized spacial score (nSPS) is 15.5. The molecule has 1 aromatic heterocycles.